The van der Waals surface area contributed by atoms with Gasteiger partial charge >= 0.3 is 5.97 Å². The molecule has 0 saturated carbocycles. The van der Waals surface area contributed by atoms with Gasteiger partial charge in [0.2, 0.25) is 5.91 Å². The van der Waals surface area contributed by atoms with Crippen molar-refractivity contribution in [2.45, 2.75) is 45.2 Å². The molecule has 24 heavy (non-hydrogen) atoms. The number of carboxylic acid groups (broad SMARTS) is 1. The van der Waals surface area contributed by atoms with Gasteiger partial charge in [0.15, 0.2) is 0 Å². The third-order valence-corrected chi connectivity index (χ3v) is 4.13. The molecule has 3 rings (SSSR count). The lowest BCUT2D eigenvalue weighted by atomic mass is 9.90. The topological polar surface area (TPSA) is 97.1 Å². The number of aromatic nitrogens is 3. The Morgan fingerprint density at radius 2 is 2.00 bits per heavy atom. The number of aryl methyl sites for hydroxylation is 2. The summed E-state index contributed by atoms with van der Waals surface area (Å²) in [6.07, 6.45) is 6.54. The second-order valence-corrected chi connectivity index (χ2v) is 6.06. The molecule has 126 valence electrons. The van der Waals surface area contributed by atoms with Gasteiger partial charge in [0.1, 0.15) is 12.2 Å². The first-order valence-electron chi connectivity index (χ1n) is 8.08. The van der Waals surface area contributed by atoms with Gasteiger partial charge in [-0.25, -0.2) is 4.68 Å². The zero-order valence-electron chi connectivity index (χ0n) is 13.4. The molecule has 7 heteroatoms. The minimum atomic E-state index is -0.983. The van der Waals surface area contributed by atoms with Crippen LogP contribution in [-0.2, 0) is 41.9 Å². The van der Waals surface area contributed by atoms with Crippen molar-refractivity contribution in [3.63, 3.8) is 0 Å². The number of amides is 1. The average Bonchev–Trinajstić information content (AvgIpc) is 2.99. The summed E-state index contributed by atoms with van der Waals surface area (Å²) in [5.41, 5.74) is 4.32. The molecular weight excluding hydrogens is 308 g/mol. The van der Waals surface area contributed by atoms with Gasteiger partial charge in [0, 0.05) is 0 Å². The molecular formula is C17H20N4O3. The highest BCUT2D eigenvalue weighted by atomic mass is 16.4. The van der Waals surface area contributed by atoms with Gasteiger partial charge in [0.05, 0.1) is 19.2 Å². The zero-order chi connectivity index (χ0) is 16.9. The van der Waals surface area contributed by atoms with E-state index in [1.807, 2.05) is 6.07 Å². The van der Waals surface area contributed by atoms with E-state index in [0.29, 0.717) is 12.1 Å². The number of rotatable bonds is 6. The summed E-state index contributed by atoms with van der Waals surface area (Å²) in [6, 6.07) is 6.29. The van der Waals surface area contributed by atoms with Crippen LogP contribution in [0.2, 0.25) is 0 Å². The van der Waals surface area contributed by atoms with Gasteiger partial charge in [-0.3, -0.25) is 9.59 Å². The number of aliphatic carboxylic acids is 1. The van der Waals surface area contributed by atoms with Crippen LogP contribution in [-0.4, -0.2) is 32.0 Å². The summed E-state index contributed by atoms with van der Waals surface area (Å²) in [5.74, 6) is -1.07. The van der Waals surface area contributed by atoms with E-state index in [9.17, 15) is 9.59 Å². The lowest BCUT2D eigenvalue weighted by Crippen LogP contribution is -2.24. The Balaban J connectivity index is 1.52. The van der Waals surface area contributed by atoms with E-state index in [0.717, 1.165) is 18.4 Å². The Bertz CT molecular complexity index is 754. The fourth-order valence-electron chi connectivity index (χ4n) is 2.97. The van der Waals surface area contributed by atoms with E-state index >= 15 is 0 Å². The number of carbonyl (C=O) groups is 2. The molecule has 1 heterocycles. The molecule has 0 fully saturated rings. The molecule has 0 bridgehead atoms. The van der Waals surface area contributed by atoms with Gasteiger partial charge in [-0.15, -0.1) is 5.10 Å². The summed E-state index contributed by atoms with van der Waals surface area (Å²) >= 11 is 0. The highest BCUT2D eigenvalue weighted by Gasteiger charge is 2.11. The molecule has 0 spiro atoms. The van der Waals surface area contributed by atoms with Crippen molar-refractivity contribution in [3.8, 4) is 0 Å². The van der Waals surface area contributed by atoms with Gasteiger partial charge in [-0.2, -0.15) is 0 Å². The summed E-state index contributed by atoms with van der Waals surface area (Å²) in [4.78, 5) is 22.7. The average molecular weight is 328 g/mol. The van der Waals surface area contributed by atoms with E-state index < -0.39 is 5.97 Å². The molecule has 1 aromatic carbocycles. The largest absolute Gasteiger partial charge is 0.480 e. The van der Waals surface area contributed by atoms with Crippen LogP contribution < -0.4 is 5.32 Å². The van der Waals surface area contributed by atoms with Crippen LogP contribution in [0.4, 0.5) is 0 Å². The van der Waals surface area contributed by atoms with E-state index in [1.165, 1.54) is 34.8 Å². The molecule has 1 aliphatic rings. The number of nitrogens with zero attached hydrogens (tertiary/aromatic N) is 3. The Morgan fingerprint density at radius 1 is 1.21 bits per heavy atom. The van der Waals surface area contributed by atoms with Crippen LogP contribution >= 0.6 is 0 Å². The lowest BCUT2D eigenvalue weighted by Gasteiger charge is -2.16. The summed E-state index contributed by atoms with van der Waals surface area (Å²) in [5, 5.41) is 19.0. The fraction of sp³-hybridized carbons (Fsp3) is 0.412. The first kappa shape index (κ1) is 16.2. The van der Waals surface area contributed by atoms with Crippen molar-refractivity contribution in [2.24, 2.45) is 0 Å². The number of carboxylic acids is 1. The minimum Gasteiger partial charge on any atom is -0.480 e. The van der Waals surface area contributed by atoms with Gasteiger partial charge in [-0.1, -0.05) is 23.4 Å². The lowest BCUT2D eigenvalue weighted by molar-refractivity contribution is -0.138. The molecule has 1 aromatic heterocycles. The Labute approximate surface area is 139 Å². The molecule has 7 nitrogen and oxygen atoms in total. The second kappa shape index (κ2) is 7.25. The van der Waals surface area contributed by atoms with Crippen LogP contribution in [0.5, 0.6) is 0 Å². The molecule has 0 unspecified atom stereocenters. The Kier molecular flexibility index (Phi) is 4.88. The van der Waals surface area contributed by atoms with E-state index in [2.05, 4.69) is 27.8 Å². The van der Waals surface area contributed by atoms with E-state index in [-0.39, 0.29) is 19.0 Å². The van der Waals surface area contributed by atoms with Gasteiger partial charge < -0.3 is 10.4 Å². The quantitative estimate of drug-likeness (QED) is 0.827. The van der Waals surface area contributed by atoms with Gasteiger partial charge in [-0.05, 0) is 42.4 Å². The number of hydrogen-bond donors (Lipinski definition) is 2. The van der Waals surface area contributed by atoms with E-state index in [1.54, 1.807) is 0 Å². The molecule has 2 aromatic rings. The van der Waals surface area contributed by atoms with Crippen LogP contribution in [0.3, 0.4) is 0 Å². The minimum absolute atomic E-state index is 0.0847. The number of benzene rings is 1. The predicted octanol–water partition coefficient (Wildman–Crippen LogP) is 1.10. The van der Waals surface area contributed by atoms with Crippen molar-refractivity contribution >= 4 is 11.9 Å². The molecule has 1 amide bonds. The number of fused-ring (bicyclic) bond motifs is 1. The third kappa shape index (κ3) is 4.18. The molecule has 0 atom stereocenters. The highest BCUT2D eigenvalue weighted by molar-refractivity contribution is 5.78. The normalized spacial score (nSPS) is 13.3. The van der Waals surface area contributed by atoms with Crippen molar-refractivity contribution in [1.29, 1.82) is 0 Å². The molecule has 0 saturated heterocycles. The number of carbonyl (C=O) groups excluding carboxylic acids is 1. The van der Waals surface area contributed by atoms with Crippen molar-refractivity contribution < 1.29 is 14.7 Å². The summed E-state index contributed by atoms with van der Waals surface area (Å²) in [7, 11) is 0. The van der Waals surface area contributed by atoms with Crippen LogP contribution in [0.25, 0.3) is 0 Å². The smallest absolute Gasteiger partial charge is 0.325 e. The second-order valence-electron chi connectivity index (χ2n) is 6.06. The fourth-order valence-corrected chi connectivity index (χ4v) is 2.97. The van der Waals surface area contributed by atoms with Crippen molar-refractivity contribution in [2.75, 3.05) is 0 Å². The van der Waals surface area contributed by atoms with E-state index in [4.69, 9.17) is 5.11 Å². The maximum atomic E-state index is 12.1. The van der Waals surface area contributed by atoms with Crippen molar-refractivity contribution in [3.05, 3.63) is 46.8 Å². The Hall–Kier alpha value is -2.70. The monoisotopic (exact) mass is 328 g/mol. The standard InChI is InChI=1S/C17H20N4O3/c22-16(18-9-15-10-21(20-19-15)11-17(23)24)8-12-5-6-13-3-1-2-4-14(13)7-12/h5-7,10H,1-4,8-9,11H2,(H,18,22)(H,23,24). The summed E-state index contributed by atoms with van der Waals surface area (Å²) in [6.45, 7) is -0.000531. The first-order valence-corrected chi connectivity index (χ1v) is 8.08. The number of hydrogen-bond acceptors (Lipinski definition) is 4. The first-order chi connectivity index (χ1) is 11.6. The van der Waals surface area contributed by atoms with Crippen molar-refractivity contribution in [1.82, 2.24) is 20.3 Å². The van der Waals surface area contributed by atoms with Crippen LogP contribution in [0.1, 0.15) is 35.2 Å². The number of nitrogens with one attached hydrogen (secondary N) is 1. The predicted molar refractivity (Wildman–Crippen MR) is 86.3 cm³/mol. The molecule has 0 aliphatic heterocycles. The summed E-state index contributed by atoms with van der Waals surface area (Å²) < 4.78 is 1.23. The highest BCUT2D eigenvalue weighted by Crippen LogP contribution is 2.22. The Morgan fingerprint density at radius 3 is 2.79 bits per heavy atom. The SMILES string of the molecule is O=C(O)Cn1cc(CNC(=O)Cc2ccc3c(c2)CCCC3)nn1. The molecule has 2 N–H and O–H groups in total. The molecule has 0 radical (unpaired) electrons. The zero-order valence-corrected chi connectivity index (χ0v) is 13.4. The molecule has 1 aliphatic carbocycles. The van der Waals surface area contributed by atoms with Crippen LogP contribution in [0, 0.1) is 0 Å². The van der Waals surface area contributed by atoms with Gasteiger partial charge in [0.25, 0.3) is 0 Å². The third-order valence-electron chi connectivity index (χ3n) is 4.13. The maximum Gasteiger partial charge on any atom is 0.325 e. The van der Waals surface area contributed by atoms with Crippen LogP contribution in [0.15, 0.2) is 24.4 Å². The maximum absolute atomic E-state index is 12.1.